The third-order valence-electron chi connectivity index (χ3n) is 3.86. The first-order chi connectivity index (χ1) is 11.2. The first kappa shape index (κ1) is 13.4. The van der Waals surface area contributed by atoms with Crippen LogP contribution in [0.1, 0.15) is 0 Å². The molecule has 0 saturated heterocycles. The molecule has 1 aromatic heterocycles. The van der Waals surface area contributed by atoms with Gasteiger partial charge in [0.1, 0.15) is 17.8 Å². The summed E-state index contributed by atoms with van der Waals surface area (Å²) in [6.07, 6.45) is 1.75. The van der Waals surface area contributed by atoms with Crippen molar-refractivity contribution in [2.75, 3.05) is 0 Å². The number of aromatic nitrogens is 2. The Bertz CT molecular complexity index is 988. The Morgan fingerprint density at radius 1 is 0.739 bits per heavy atom. The lowest BCUT2D eigenvalue weighted by molar-refractivity contribution is 0.474. The summed E-state index contributed by atoms with van der Waals surface area (Å²) >= 11 is 0. The van der Waals surface area contributed by atoms with E-state index >= 15 is 0 Å². The van der Waals surface area contributed by atoms with Crippen LogP contribution in [0, 0.1) is 0 Å². The van der Waals surface area contributed by atoms with Gasteiger partial charge in [-0.25, -0.2) is 4.98 Å². The van der Waals surface area contributed by atoms with E-state index in [1.54, 1.807) is 36.7 Å². The Hall–Kier alpha value is -3.27. The van der Waals surface area contributed by atoms with Gasteiger partial charge in [-0.1, -0.05) is 24.3 Å². The average molecular weight is 302 g/mol. The number of rotatable bonds is 2. The van der Waals surface area contributed by atoms with E-state index in [2.05, 4.69) is 4.98 Å². The molecule has 4 rings (SSSR count). The molecule has 4 heteroatoms. The van der Waals surface area contributed by atoms with Gasteiger partial charge >= 0.3 is 0 Å². The molecule has 0 aliphatic carbocycles. The molecule has 0 aliphatic rings. The molecule has 0 fully saturated rings. The molecule has 0 radical (unpaired) electrons. The van der Waals surface area contributed by atoms with Crippen LogP contribution in [-0.4, -0.2) is 19.8 Å². The molecule has 3 aromatic carbocycles. The van der Waals surface area contributed by atoms with E-state index < -0.39 is 0 Å². The molecular weight excluding hydrogens is 288 g/mol. The molecule has 0 amide bonds. The quantitative estimate of drug-likeness (QED) is 0.586. The molecule has 0 aliphatic heterocycles. The second kappa shape index (κ2) is 5.18. The van der Waals surface area contributed by atoms with Gasteiger partial charge in [0.25, 0.3) is 0 Å². The zero-order chi connectivity index (χ0) is 15.8. The van der Waals surface area contributed by atoms with Crippen LogP contribution in [0.4, 0.5) is 0 Å². The number of fused-ring (bicyclic) bond motifs is 1. The minimum Gasteiger partial charge on any atom is -0.508 e. The number of nitrogens with zero attached hydrogens (tertiary/aromatic N) is 2. The Balaban J connectivity index is 1.81. The van der Waals surface area contributed by atoms with Gasteiger partial charge in [0, 0.05) is 6.07 Å². The second-order valence-corrected chi connectivity index (χ2v) is 5.38. The van der Waals surface area contributed by atoms with Crippen LogP contribution < -0.4 is 0 Å². The molecule has 112 valence electrons. The fourth-order valence-corrected chi connectivity index (χ4v) is 2.69. The highest BCUT2D eigenvalue weighted by Crippen LogP contribution is 2.27. The van der Waals surface area contributed by atoms with Crippen LogP contribution in [0.2, 0.25) is 0 Å². The van der Waals surface area contributed by atoms with Gasteiger partial charge in [-0.05, 0) is 47.5 Å². The van der Waals surface area contributed by atoms with E-state index in [0.717, 1.165) is 27.8 Å². The molecule has 23 heavy (non-hydrogen) atoms. The standard InChI is InChI=1S/C19H14N2O2/c22-16-7-4-13(5-8-16)14-6-9-19-18(10-14)20-12-21(19)15-2-1-3-17(23)11-15/h1-12,22-23H. The molecular formula is C19H14N2O2. The van der Waals surface area contributed by atoms with Crippen LogP contribution in [0.25, 0.3) is 27.8 Å². The van der Waals surface area contributed by atoms with Gasteiger partial charge in [0.15, 0.2) is 0 Å². The number of hydrogen-bond acceptors (Lipinski definition) is 3. The van der Waals surface area contributed by atoms with Gasteiger partial charge in [0.05, 0.1) is 16.7 Å². The minimum atomic E-state index is 0.227. The molecule has 4 nitrogen and oxygen atoms in total. The van der Waals surface area contributed by atoms with Gasteiger partial charge in [-0.3, -0.25) is 4.57 Å². The monoisotopic (exact) mass is 302 g/mol. The third-order valence-corrected chi connectivity index (χ3v) is 3.86. The maximum absolute atomic E-state index is 9.64. The zero-order valence-corrected chi connectivity index (χ0v) is 12.2. The summed E-state index contributed by atoms with van der Waals surface area (Å²) in [7, 11) is 0. The highest BCUT2D eigenvalue weighted by atomic mass is 16.3. The van der Waals surface area contributed by atoms with Crippen molar-refractivity contribution in [2.24, 2.45) is 0 Å². The first-order valence-electron chi connectivity index (χ1n) is 7.27. The SMILES string of the molecule is Oc1ccc(-c2ccc3c(c2)ncn3-c2cccc(O)c2)cc1. The highest BCUT2D eigenvalue weighted by Gasteiger charge is 2.07. The number of aromatic hydroxyl groups is 2. The van der Waals surface area contributed by atoms with E-state index in [9.17, 15) is 10.2 Å². The van der Waals surface area contributed by atoms with Crippen molar-refractivity contribution in [1.82, 2.24) is 9.55 Å². The van der Waals surface area contributed by atoms with Crippen molar-refractivity contribution in [3.8, 4) is 28.3 Å². The number of hydrogen-bond donors (Lipinski definition) is 2. The summed E-state index contributed by atoms with van der Waals surface area (Å²) in [5.41, 5.74) is 4.78. The fraction of sp³-hybridized carbons (Fsp3) is 0. The molecule has 4 aromatic rings. The van der Waals surface area contributed by atoms with E-state index in [-0.39, 0.29) is 11.5 Å². The van der Waals surface area contributed by atoms with E-state index in [1.807, 2.05) is 41.0 Å². The summed E-state index contributed by atoms with van der Waals surface area (Å²) < 4.78 is 1.94. The Morgan fingerprint density at radius 3 is 2.30 bits per heavy atom. The Labute approximate surface area is 132 Å². The van der Waals surface area contributed by atoms with Crippen molar-refractivity contribution < 1.29 is 10.2 Å². The minimum absolute atomic E-state index is 0.227. The van der Waals surface area contributed by atoms with Gasteiger partial charge < -0.3 is 10.2 Å². The van der Waals surface area contributed by atoms with Crippen molar-refractivity contribution >= 4 is 11.0 Å². The second-order valence-electron chi connectivity index (χ2n) is 5.38. The van der Waals surface area contributed by atoms with Gasteiger partial charge in [0.2, 0.25) is 0 Å². The fourth-order valence-electron chi connectivity index (χ4n) is 2.69. The Kier molecular flexibility index (Phi) is 3.01. The predicted octanol–water partition coefficient (Wildman–Crippen LogP) is 4.10. The summed E-state index contributed by atoms with van der Waals surface area (Å²) in [5, 5.41) is 19.0. The summed E-state index contributed by atoms with van der Waals surface area (Å²) in [4.78, 5) is 4.46. The van der Waals surface area contributed by atoms with E-state index in [0.29, 0.717) is 0 Å². The number of imidazole rings is 1. The van der Waals surface area contributed by atoms with Gasteiger partial charge in [-0.15, -0.1) is 0 Å². The summed E-state index contributed by atoms with van der Waals surface area (Å²) in [6.45, 7) is 0. The van der Waals surface area contributed by atoms with Crippen molar-refractivity contribution in [2.45, 2.75) is 0 Å². The van der Waals surface area contributed by atoms with Crippen LogP contribution in [0.3, 0.4) is 0 Å². The smallest absolute Gasteiger partial charge is 0.117 e. The van der Waals surface area contributed by atoms with Crippen LogP contribution in [0.5, 0.6) is 11.5 Å². The number of phenolic OH excluding ortho intramolecular Hbond substituents is 2. The lowest BCUT2D eigenvalue weighted by atomic mass is 10.1. The molecule has 0 saturated carbocycles. The number of phenols is 2. The first-order valence-corrected chi connectivity index (χ1v) is 7.27. The normalized spacial score (nSPS) is 11.0. The van der Waals surface area contributed by atoms with E-state index in [1.165, 1.54) is 0 Å². The summed E-state index contributed by atoms with van der Waals surface area (Å²) in [5.74, 6) is 0.480. The van der Waals surface area contributed by atoms with Crippen LogP contribution in [-0.2, 0) is 0 Å². The largest absolute Gasteiger partial charge is 0.508 e. The van der Waals surface area contributed by atoms with E-state index in [4.69, 9.17) is 0 Å². The predicted molar refractivity (Wildman–Crippen MR) is 89.8 cm³/mol. The molecule has 2 N–H and O–H groups in total. The van der Waals surface area contributed by atoms with Crippen molar-refractivity contribution in [3.05, 3.63) is 73.1 Å². The lowest BCUT2D eigenvalue weighted by Gasteiger charge is -2.06. The molecule has 0 spiro atoms. The van der Waals surface area contributed by atoms with Crippen molar-refractivity contribution in [1.29, 1.82) is 0 Å². The third kappa shape index (κ3) is 2.40. The molecule has 1 heterocycles. The summed E-state index contributed by atoms with van der Waals surface area (Å²) in [6, 6.07) is 20.2. The maximum atomic E-state index is 9.64. The zero-order valence-electron chi connectivity index (χ0n) is 12.2. The average Bonchev–Trinajstić information content (AvgIpc) is 2.98. The van der Waals surface area contributed by atoms with Gasteiger partial charge in [-0.2, -0.15) is 0 Å². The molecule has 0 unspecified atom stereocenters. The topological polar surface area (TPSA) is 58.3 Å². The number of benzene rings is 3. The van der Waals surface area contributed by atoms with Crippen LogP contribution in [0.15, 0.2) is 73.1 Å². The van der Waals surface area contributed by atoms with Crippen LogP contribution >= 0.6 is 0 Å². The molecule has 0 atom stereocenters. The van der Waals surface area contributed by atoms with Crippen molar-refractivity contribution in [3.63, 3.8) is 0 Å². The lowest BCUT2D eigenvalue weighted by Crippen LogP contribution is -1.91. The maximum Gasteiger partial charge on any atom is 0.117 e. The Morgan fingerprint density at radius 2 is 1.52 bits per heavy atom. The highest BCUT2D eigenvalue weighted by molar-refractivity contribution is 5.83. The molecule has 0 bridgehead atoms.